The van der Waals surface area contributed by atoms with E-state index in [0.717, 1.165) is 0 Å². The molecule has 0 saturated heterocycles. The van der Waals surface area contributed by atoms with Crippen molar-refractivity contribution in [2.24, 2.45) is 0 Å². The van der Waals surface area contributed by atoms with Gasteiger partial charge in [0, 0.05) is 0 Å². The molecule has 0 aliphatic rings. The first-order chi connectivity index (χ1) is 2.81. The maximum atomic E-state index is 9.99. The fourth-order valence-electron chi connectivity index (χ4n) is 0.0278. The molecule has 0 spiro atoms. The number of hydrogen-bond acceptors (Lipinski definition) is 3. The van der Waals surface area contributed by atoms with Gasteiger partial charge in [-0.25, -0.2) is 0 Å². The SMILES string of the molecule is O=[PH]([O][SbH2])[O][SbH2]. The van der Waals surface area contributed by atoms with Crippen molar-refractivity contribution in [1.82, 2.24) is 0 Å². The molecule has 0 heterocycles. The summed E-state index contributed by atoms with van der Waals surface area (Å²) in [5.74, 6) is 0. The van der Waals surface area contributed by atoms with Crippen LogP contribution in [-0.4, -0.2) is 46.9 Å². The van der Waals surface area contributed by atoms with Crippen LogP contribution in [0.4, 0.5) is 0 Å². The summed E-state index contributed by atoms with van der Waals surface area (Å²) in [6.07, 6.45) is 0. The van der Waals surface area contributed by atoms with Gasteiger partial charge in [-0.3, -0.25) is 0 Å². The molecular formula is H5O3PSb2. The first kappa shape index (κ1) is 7.79. The Kier molecular flexibility index (Phi) is 6.40. The zero-order valence-corrected chi connectivity index (χ0v) is 10.5. The van der Waals surface area contributed by atoms with Crippen molar-refractivity contribution in [3.8, 4) is 0 Å². The van der Waals surface area contributed by atoms with Gasteiger partial charge < -0.3 is 0 Å². The minimum atomic E-state index is -2.00. The summed E-state index contributed by atoms with van der Waals surface area (Å²) >= 11 is 1.13. The zero-order chi connectivity index (χ0) is 4.99. The van der Waals surface area contributed by atoms with Crippen LogP contribution in [0.5, 0.6) is 0 Å². The molecule has 0 N–H and O–H groups in total. The molecule has 0 radical (unpaired) electrons. The van der Waals surface area contributed by atoms with Crippen LogP contribution in [0.1, 0.15) is 0 Å². The van der Waals surface area contributed by atoms with Crippen molar-refractivity contribution < 1.29 is 10.2 Å². The maximum absolute atomic E-state index is 9.99. The van der Waals surface area contributed by atoms with Gasteiger partial charge in [0.05, 0.1) is 0 Å². The van der Waals surface area contributed by atoms with Crippen LogP contribution in [0.2, 0.25) is 0 Å². The Bertz CT molecular complexity index is 46.8. The molecule has 0 saturated carbocycles. The van der Waals surface area contributed by atoms with E-state index in [0.29, 0.717) is 46.9 Å². The molecule has 3 nitrogen and oxygen atoms in total. The first-order valence-corrected chi connectivity index (χ1v) is 5.00. The fourth-order valence-corrected chi connectivity index (χ4v) is 3.75. The Morgan fingerprint density at radius 2 is 1.67 bits per heavy atom. The van der Waals surface area contributed by atoms with Crippen LogP contribution in [0.15, 0.2) is 0 Å². The van der Waals surface area contributed by atoms with E-state index < -0.39 is 8.25 Å². The predicted octanol–water partition coefficient (Wildman–Crippen LogP) is -1.49. The van der Waals surface area contributed by atoms with Gasteiger partial charge in [-0.15, -0.1) is 0 Å². The summed E-state index contributed by atoms with van der Waals surface area (Å²) in [4.78, 5) is 0. The molecule has 0 aromatic heterocycles. The van der Waals surface area contributed by atoms with Crippen molar-refractivity contribution in [1.29, 1.82) is 0 Å². The van der Waals surface area contributed by atoms with Gasteiger partial charge in [0.1, 0.15) is 0 Å². The second kappa shape index (κ2) is 4.93. The Hall–Kier alpha value is 1.79. The van der Waals surface area contributed by atoms with Gasteiger partial charge in [0.15, 0.2) is 0 Å². The van der Waals surface area contributed by atoms with E-state index in [1.807, 2.05) is 0 Å². The third-order valence-electron chi connectivity index (χ3n) is 0.192. The van der Waals surface area contributed by atoms with Gasteiger partial charge in [-0.1, -0.05) is 0 Å². The molecule has 0 fully saturated rings. The molecule has 0 aromatic rings. The van der Waals surface area contributed by atoms with E-state index in [1.54, 1.807) is 0 Å². The molecule has 6 heteroatoms. The van der Waals surface area contributed by atoms with E-state index >= 15 is 0 Å². The molecule has 0 aliphatic heterocycles. The summed E-state index contributed by atoms with van der Waals surface area (Å²) in [7, 11) is -2.00. The summed E-state index contributed by atoms with van der Waals surface area (Å²) in [5.41, 5.74) is 0. The van der Waals surface area contributed by atoms with E-state index in [4.69, 9.17) is 0 Å². The van der Waals surface area contributed by atoms with Crippen molar-refractivity contribution >= 4 is 55.1 Å². The molecule has 0 rings (SSSR count). The van der Waals surface area contributed by atoms with Gasteiger partial charge in [-0.2, -0.15) is 0 Å². The second-order valence-electron chi connectivity index (χ2n) is 0.486. The van der Waals surface area contributed by atoms with Crippen LogP contribution in [0.25, 0.3) is 0 Å². The standard InChI is InChI=1S/H3O3P.2Sb.4H/c1-4(2)3;;;;;;/h4H,(H2,1,2,3);;;;;;/q;2*+1;;;;/p-2. The normalized spacial score (nSPS) is 9.83. The van der Waals surface area contributed by atoms with E-state index in [2.05, 4.69) is 5.60 Å². The first-order valence-electron chi connectivity index (χ1n) is 1.08. The molecule has 0 atom stereocenters. The van der Waals surface area contributed by atoms with Crippen LogP contribution in [0, 0.1) is 0 Å². The number of rotatable bonds is 2. The zero-order valence-electron chi connectivity index (χ0n) is 2.88. The van der Waals surface area contributed by atoms with Crippen LogP contribution < -0.4 is 0 Å². The summed E-state index contributed by atoms with van der Waals surface area (Å²) in [5, 5.41) is 0. The molecule has 38 valence electrons. The predicted molar refractivity (Wildman–Crippen MR) is 28.3 cm³/mol. The molecule has 0 aromatic carbocycles. The van der Waals surface area contributed by atoms with Crippen molar-refractivity contribution in [3.63, 3.8) is 0 Å². The minimum absolute atomic E-state index is 0.565. The monoisotopic (exact) mass is 326 g/mol. The Balaban J connectivity index is 2.99. The van der Waals surface area contributed by atoms with Crippen molar-refractivity contribution in [2.45, 2.75) is 0 Å². The third kappa shape index (κ3) is 3.96. The van der Waals surface area contributed by atoms with Gasteiger partial charge in [-0.05, 0) is 0 Å². The van der Waals surface area contributed by atoms with Gasteiger partial charge >= 0.3 is 65.3 Å². The molecule has 0 amide bonds. The van der Waals surface area contributed by atoms with Crippen molar-refractivity contribution in [3.05, 3.63) is 0 Å². The van der Waals surface area contributed by atoms with Gasteiger partial charge in [0.25, 0.3) is 0 Å². The van der Waals surface area contributed by atoms with Crippen LogP contribution in [0.3, 0.4) is 0 Å². The van der Waals surface area contributed by atoms with E-state index in [9.17, 15) is 4.57 Å². The quantitative estimate of drug-likeness (QED) is 0.458. The summed E-state index contributed by atoms with van der Waals surface area (Å²) < 4.78 is 18.8. The molecule has 0 unspecified atom stereocenters. The van der Waals surface area contributed by atoms with E-state index in [-0.39, 0.29) is 0 Å². The Morgan fingerprint density at radius 3 is 1.67 bits per heavy atom. The average molecular weight is 328 g/mol. The molecule has 0 aliphatic carbocycles. The third-order valence-corrected chi connectivity index (χ3v) is 3.87. The van der Waals surface area contributed by atoms with Crippen LogP contribution in [-0.2, 0) is 10.2 Å². The molecule has 6 heavy (non-hydrogen) atoms. The topological polar surface area (TPSA) is 35.5 Å². The fraction of sp³-hybridized carbons (Fsp3) is 0. The molecule has 0 bridgehead atoms. The van der Waals surface area contributed by atoms with E-state index in [1.165, 1.54) is 0 Å². The average Bonchev–Trinajstić information content (AvgIpc) is 1.65. The second-order valence-corrected chi connectivity index (χ2v) is 5.49. The Labute approximate surface area is 64.8 Å². The Morgan fingerprint density at radius 1 is 1.33 bits per heavy atom. The number of hydrogen-bond donors (Lipinski definition) is 0. The van der Waals surface area contributed by atoms with Crippen molar-refractivity contribution in [2.75, 3.05) is 0 Å². The van der Waals surface area contributed by atoms with Gasteiger partial charge in [0.2, 0.25) is 0 Å². The summed E-state index contributed by atoms with van der Waals surface area (Å²) in [6, 6.07) is 0. The molecular weight excluding hydrogens is 322 g/mol. The summed E-state index contributed by atoms with van der Waals surface area (Å²) in [6.45, 7) is 0. The van der Waals surface area contributed by atoms with Crippen LogP contribution >= 0.6 is 8.25 Å².